The van der Waals surface area contributed by atoms with Crippen LogP contribution in [0.15, 0.2) is 0 Å². The van der Waals surface area contributed by atoms with Crippen molar-refractivity contribution in [3.8, 4) is 35.4 Å². The third-order valence-electron chi connectivity index (χ3n) is 6.53. The van der Waals surface area contributed by atoms with Crippen molar-refractivity contribution in [2.45, 2.75) is 142 Å². The van der Waals surface area contributed by atoms with Gasteiger partial charge in [-0.15, -0.1) is 6.42 Å². The number of unbranched alkanes of at least 4 members (excludes halogenated alkanes) is 12. The SMILES string of the molecule is C#CC#CC#CS(=O)(=O)OCCC1OC(CCCCCCCCCC)OC(CCOS(=O)(=O)CCCCCCCC)O1. The average molecular weight is 631 g/mol. The van der Waals surface area contributed by atoms with Crippen LogP contribution < -0.4 is 0 Å². The van der Waals surface area contributed by atoms with Gasteiger partial charge >= 0.3 is 10.1 Å². The Labute approximate surface area is 255 Å². The maximum Gasteiger partial charge on any atom is 0.338 e. The zero-order valence-corrected chi connectivity index (χ0v) is 27.1. The maximum absolute atomic E-state index is 12.3. The van der Waals surface area contributed by atoms with Gasteiger partial charge in [0.25, 0.3) is 10.1 Å². The summed E-state index contributed by atoms with van der Waals surface area (Å²) in [5.74, 6) is 8.55. The van der Waals surface area contributed by atoms with Crippen LogP contribution >= 0.6 is 0 Å². The van der Waals surface area contributed by atoms with Crippen LogP contribution in [0, 0.1) is 35.4 Å². The minimum absolute atomic E-state index is 0.0126. The Balaban J connectivity index is 2.56. The highest BCUT2D eigenvalue weighted by Crippen LogP contribution is 2.24. The fraction of sp³-hybridized carbons (Fsp3) is 0.806. The van der Waals surface area contributed by atoms with Gasteiger partial charge in [0, 0.05) is 24.7 Å². The fourth-order valence-electron chi connectivity index (χ4n) is 4.29. The molecule has 0 saturated carbocycles. The summed E-state index contributed by atoms with van der Waals surface area (Å²) < 4.78 is 76.2. The lowest BCUT2D eigenvalue weighted by atomic mass is 10.1. The molecule has 0 aromatic carbocycles. The molecule has 3 unspecified atom stereocenters. The number of terminal acetylenes is 1. The third-order valence-corrected chi connectivity index (χ3v) is 8.68. The highest BCUT2D eigenvalue weighted by Gasteiger charge is 2.31. The molecule has 42 heavy (non-hydrogen) atoms. The molecule has 0 aliphatic carbocycles. The highest BCUT2D eigenvalue weighted by atomic mass is 32.2. The molecule has 1 aliphatic heterocycles. The molecular formula is C31H50O9S2. The molecule has 0 aromatic rings. The molecule has 1 rings (SSSR count). The first-order chi connectivity index (χ1) is 20.2. The van der Waals surface area contributed by atoms with Gasteiger partial charge in [-0.3, -0.25) is 8.37 Å². The topological polar surface area (TPSA) is 114 Å². The number of ether oxygens (including phenoxy) is 3. The fourth-order valence-corrected chi connectivity index (χ4v) is 5.86. The molecule has 1 fully saturated rings. The lowest BCUT2D eigenvalue weighted by molar-refractivity contribution is -0.386. The van der Waals surface area contributed by atoms with Gasteiger partial charge < -0.3 is 14.2 Å². The second kappa shape index (κ2) is 23.8. The Kier molecular flexibility index (Phi) is 21.8. The zero-order chi connectivity index (χ0) is 30.9. The molecule has 9 nitrogen and oxygen atoms in total. The molecule has 240 valence electrons. The average Bonchev–Trinajstić information content (AvgIpc) is 2.94. The second-order valence-electron chi connectivity index (χ2n) is 10.3. The normalized spacial score (nSPS) is 18.8. The molecule has 0 spiro atoms. The highest BCUT2D eigenvalue weighted by molar-refractivity contribution is 7.91. The summed E-state index contributed by atoms with van der Waals surface area (Å²) in [6, 6.07) is 0. The second-order valence-corrected chi connectivity index (χ2v) is 13.4. The Morgan fingerprint density at radius 3 is 1.62 bits per heavy atom. The van der Waals surface area contributed by atoms with Crippen molar-refractivity contribution in [3.63, 3.8) is 0 Å². The number of hydrogen-bond acceptors (Lipinski definition) is 9. The standard InChI is InChI=1S/C31H50O9S2/c1-4-7-10-13-15-16-17-19-22-29-38-30(23-25-36-41(32,33)27-20-12-9-6-3)40-31(39-29)24-26-37-42(34,35)28-21-18-14-11-8-5-2/h3,29-31H,4-5,7-8,10-11,13-19,21-26,28H2,1-2H3. The minimum Gasteiger partial charge on any atom is -0.324 e. The molecule has 11 heteroatoms. The Morgan fingerprint density at radius 1 is 0.595 bits per heavy atom. The molecule has 0 N–H and O–H groups in total. The van der Waals surface area contributed by atoms with Crippen molar-refractivity contribution in [1.29, 1.82) is 0 Å². The van der Waals surface area contributed by atoms with E-state index in [9.17, 15) is 16.8 Å². The minimum atomic E-state index is -4.13. The van der Waals surface area contributed by atoms with Crippen LogP contribution in [0.4, 0.5) is 0 Å². The summed E-state index contributed by atoms with van der Waals surface area (Å²) in [5.41, 5.74) is 0. The van der Waals surface area contributed by atoms with Crippen LogP contribution in [0.5, 0.6) is 0 Å². The van der Waals surface area contributed by atoms with Crippen molar-refractivity contribution in [3.05, 3.63) is 0 Å². The number of rotatable bonds is 24. The zero-order valence-electron chi connectivity index (χ0n) is 25.4. The summed E-state index contributed by atoms with van der Waals surface area (Å²) in [7, 11) is -7.76. The monoisotopic (exact) mass is 630 g/mol. The molecule has 0 amide bonds. The van der Waals surface area contributed by atoms with Crippen molar-refractivity contribution < 1.29 is 39.4 Å². The summed E-state index contributed by atoms with van der Waals surface area (Å²) in [4.78, 5) is 0. The Hall–Kier alpha value is -1.62. The maximum atomic E-state index is 12.3. The van der Waals surface area contributed by atoms with Gasteiger partial charge in [0.05, 0.1) is 24.2 Å². The van der Waals surface area contributed by atoms with Crippen molar-refractivity contribution in [2.24, 2.45) is 0 Å². The molecule has 0 aromatic heterocycles. The van der Waals surface area contributed by atoms with Gasteiger partial charge in [-0.1, -0.05) is 90.9 Å². The Morgan fingerprint density at radius 2 is 1.07 bits per heavy atom. The molecule has 1 saturated heterocycles. The third kappa shape index (κ3) is 21.1. The van der Waals surface area contributed by atoms with Gasteiger partial charge in [0.1, 0.15) is 0 Å². The van der Waals surface area contributed by atoms with Gasteiger partial charge in [-0.2, -0.15) is 16.8 Å². The van der Waals surface area contributed by atoms with Crippen LogP contribution in [0.25, 0.3) is 0 Å². The van der Waals surface area contributed by atoms with E-state index in [1.165, 1.54) is 32.1 Å². The Bertz CT molecular complexity index is 1090. The molecule has 3 atom stereocenters. The van der Waals surface area contributed by atoms with Crippen LogP contribution in [-0.2, 0) is 42.8 Å². The van der Waals surface area contributed by atoms with Crippen LogP contribution in [0.3, 0.4) is 0 Å². The van der Waals surface area contributed by atoms with Crippen molar-refractivity contribution >= 4 is 20.2 Å². The molecule has 1 heterocycles. The van der Waals surface area contributed by atoms with E-state index in [0.717, 1.165) is 51.4 Å². The predicted molar refractivity (Wildman–Crippen MR) is 163 cm³/mol. The van der Waals surface area contributed by atoms with Crippen molar-refractivity contribution in [1.82, 2.24) is 0 Å². The first-order valence-corrected chi connectivity index (χ1v) is 18.4. The summed E-state index contributed by atoms with van der Waals surface area (Å²) in [6.07, 6.45) is 18.9. The number of hydrogen-bond donors (Lipinski definition) is 0. The molecular weight excluding hydrogens is 580 g/mol. The van der Waals surface area contributed by atoms with E-state index >= 15 is 0 Å². The van der Waals surface area contributed by atoms with E-state index in [1.54, 1.807) is 0 Å². The van der Waals surface area contributed by atoms with E-state index in [1.807, 2.05) is 11.2 Å². The first kappa shape index (κ1) is 38.4. The van der Waals surface area contributed by atoms with Gasteiger partial charge in [-0.25, -0.2) is 0 Å². The first-order valence-electron chi connectivity index (χ1n) is 15.4. The smallest absolute Gasteiger partial charge is 0.324 e. The lowest BCUT2D eigenvalue weighted by Crippen LogP contribution is -2.41. The van der Waals surface area contributed by atoms with E-state index in [-0.39, 0.29) is 31.8 Å². The summed E-state index contributed by atoms with van der Waals surface area (Å²) in [5, 5.41) is 1.92. The lowest BCUT2D eigenvalue weighted by Gasteiger charge is -2.36. The van der Waals surface area contributed by atoms with Gasteiger partial charge in [-0.05, 0) is 31.1 Å². The summed E-state index contributed by atoms with van der Waals surface area (Å²) >= 11 is 0. The van der Waals surface area contributed by atoms with E-state index in [4.69, 9.17) is 29.0 Å². The van der Waals surface area contributed by atoms with Gasteiger partial charge in [0.15, 0.2) is 18.9 Å². The van der Waals surface area contributed by atoms with Crippen LogP contribution in [-0.4, -0.2) is 54.7 Å². The van der Waals surface area contributed by atoms with Crippen molar-refractivity contribution in [2.75, 3.05) is 19.0 Å². The molecule has 1 aliphatic rings. The molecule has 0 bridgehead atoms. The predicted octanol–water partition coefficient (Wildman–Crippen LogP) is 5.99. The van der Waals surface area contributed by atoms with E-state index in [2.05, 4.69) is 31.6 Å². The largest absolute Gasteiger partial charge is 0.338 e. The van der Waals surface area contributed by atoms with E-state index < -0.39 is 39.1 Å². The van der Waals surface area contributed by atoms with Gasteiger partial charge in [0.2, 0.25) is 0 Å². The van der Waals surface area contributed by atoms with E-state index in [0.29, 0.717) is 12.8 Å². The summed E-state index contributed by atoms with van der Waals surface area (Å²) in [6.45, 7) is 4.02. The molecule has 0 radical (unpaired) electrons. The quantitative estimate of drug-likeness (QED) is 0.0721. The van der Waals surface area contributed by atoms with Crippen LogP contribution in [0.1, 0.15) is 123 Å². The van der Waals surface area contributed by atoms with Crippen LogP contribution in [0.2, 0.25) is 0 Å².